The van der Waals surface area contributed by atoms with E-state index in [1.807, 2.05) is 42.2 Å². The highest BCUT2D eigenvalue weighted by molar-refractivity contribution is 5.87. The second-order valence-corrected chi connectivity index (χ2v) is 5.94. The molecule has 4 heterocycles. The second kappa shape index (κ2) is 5.00. The van der Waals surface area contributed by atoms with Crippen molar-refractivity contribution in [3.05, 3.63) is 36.7 Å². The van der Waals surface area contributed by atoms with Crippen molar-refractivity contribution >= 4 is 22.5 Å². The number of nitrogens with one attached hydrogen (secondary N) is 1. The average molecular weight is 321 g/mol. The lowest BCUT2D eigenvalue weighted by Crippen LogP contribution is -2.40. The standard InChI is InChI=1S/C16H15N7O/c1-22-14-6-10(2-3-13(14)19-21-22)12-4-5-23-15(12)7-17-16(20-23)18-11-8-24-9-11/h2-7,11H,8-9H2,1H3,(H,18,20). The number of hydrogen-bond acceptors (Lipinski definition) is 6. The summed E-state index contributed by atoms with van der Waals surface area (Å²) >= 11 is 0. The number of fused-ring (bicyclic) bond motifs is 2. The number of hydrogen-bond donors (Lipinski definition) is 1. The lowest BCUT2D eigenvalue weighted by Gasteiger charge is -2.26. The number of rotatable bonds is 3. The fourth-order valence-corrected chi connectivity index (χ4v) is 2.91. The molecular formula is C16H15N7O. The third kappa shape index (κ3) is 2.04. The van der Waals surface area contributed by atoms with Gasteiger partial charge in [-0.25, -0.2) is 14.2 Å². The van der Waals surface area contributed by atoms with Crippen LogP contribution in [0.25, 0.3) is 27.7 Å². The van der Waals surface area contributed by atoms with Gasteiger partial charge in [0.15, 0.2) is 0 Å². The minimum Gasteiger partial charge on any atom is -0.377 e. The first-order valence-corrected chi connectivity index (χ1v) is 7.76. The molecule has 8 heteroatoms. The summed E-state index contributed by atoms with van der Waals surface area (Å²) in [6, 6.07) is 8.46. The third-order valence-electron chi connectivity index (χ3n) is 4.31. The maximum absolute atomic E-state index is 5.16. The van der Waals surface area contributed by atoms with Crippen molar-refractivity contribution < 1.29 is 4.74 Å². The maximum atomic E-state index is 5.16. The van der Waals surface area contributed by atoms with Crippen LogP contribution in [0, 0.1) is 0 Å². The zero-order valence-corrected chi connectivity index (χ0v) is 13.0. The van der Waals surface area contributed by atoms with Gasteiger partial charge < -0.3 is 10.1 Å². The largest absolute Gasteiger partial charge is 0.377 e. The van der Waals surface area contributed by atoms with Crippen LogP contribution in [0.4, 0.5) is 5.95 Å². The molecule has 1 fully saturated rings. The van der Waals surface area contributed by atoms with Gasteiger partial charge in [-0.3, -0.25) is 0 Å². The number of aryl methyl sites for hydroxylation is 1. The monoisotopic (exact) mass is 321 g/mol. The van der Waals surface area contributed by atoms with Crippen LogP contribution in [-0.4, -0.2) is 48.8 Å². The van der Waals surface area contributed by atoms with Crippen LogP contribution in [0.5, 0.6) is 0 Å². The first-order valence-electron chi connectivity index (χ1n) is 7.76. The van der Waals surface area contributed by atoms with Crippen LogP contribution in [0.1, 0.15) is 0 Å². The van der Waals surface area contributed by atoms with Gasteiger partial charge in [0, 0.05) is 18.8 Å². The molecule has 0 bridgehead atoms. The van der Waals surface area contributed by atoms with E-state index in [2.05, 4.69) is 31.8 Å². The van der Waals surface area contributed by atoms with E-state index in [4.69, 9.17) is 4.74 Å². The average Bonchev–Trinajstić information content (AvgIpc) is 3.14. The first-order chi connectivity index (χ1) is 11.8. The summed E-state index contributed by atoms with van der Waals surface area (Å²) in [4.78, 5) is 4.43. The van der Waals surface area contributed by atoms with E-state index in [-0.39, 0.29) is 0 Å². The van der Waals surface area contributed by atoms with E-state index in [0.29, 0.717) is 25.2 Å². The van der Waals surface area contributed by atoms with Crippen molar-refractivity contribution in [1.82, 2.24) is 29.6 Å². The van der Waals surface area contributed by atoms with Gasteiger partial charge >= 0.3 is 0 Å². The molecule has 0 unspecified atom stereocenters. The van der Waals surface area contributed by atoms with E-state index in [9.17, 15) is 0 Å². The molecule has 0 spiro atoms. The van der Waals surface area contributed by atoms with Gasteiger partial charge in [0.25, 0.3) is 0 Å². The molecular weight excluding hydrogens is 306 g/mol. The predicted molar refractivity (Wildman–Crippen MR) is 88.7 cm³/mol. The third-order valence-corrected chi connectivity index (χ3v) is 4.31. The Bertz CT molecular complexity index is 1050. The van der Waals surface area contributed by atoms with Gasteiger partial charge in [-0.05, 0) is 23.8 Å². The van der Waals surface area contributed by atoms with E-state index >= 15 is 0 Å². The molecule has 8 nitrogen and oxygen atoms in total. The molecule has 1 saturated heterocycles. The van der Waals surface area contributed by atoms with Gasteiger partial charge in [-0.15, -0.1) is 10.2 Å². The lowest BCUT2D eigenvalue weighted by molar-refractivity contribution is 0.0207. The quantitative estimate of drug-likeness (QED) is 0.615. The normalized spacial score (nSPS) is 15.0. The molecule has 0 saturated carbocycles. The second-order valence-electron chi connectivity index (χ2n) is 5.94. The Kier molecular flexibility index (Phi) is 2.80. The summed E-state index contributed by atoms with van der Waals surface area (Å²) in [5.41, 5.74) is 5.01. The number of benzene rings is 1. The van der Waals surface area contributed by atoms with Crippen molar-refractivity contribution in [2.45, 2.75) is 6.04 Å². The SMILES string of the molecule is Cn1nnc2ccc(-c3ccn4nc(NC5COC5)ncc34)cc21. The fraction of sp³-hybridized carbons (Fsp3) is 0.250. The van der Waals surface area contributed by atoms with Crippen molar-refractivity contribution in [2.24, 2.45) is 7.05 Å². The minimum absolute atomic E-state index is 0.303. The molecule has 24 heavy (non-hydrogen) atoms. The van der Waals surface area contributed by atoms with Gasteiger partial charge in [0.05, 0.1) is 36.5 Å². The van der Waals surface area contributed by atoms with E-state index in [1.165, 1.54) is 0 Å². The zero-order chi connectivity index (χ0) is 16.1. The Morgan fingerprint density at radius 2 is 2.12 bits per heavy atom. The first kappa shape index (κ1) is 13.4. The molecule has 1 aliphatic rings. The van der Waals surface area contributed by atoms with Crippen molar-refractivity contribution in [2.75, 3.05) is 18.5 Å². The molecule has 1 aromatic carbocycles. The molecule has 0 amide bonds. The Morgan fingerprint density at radius 1 is 1.21 bits per heavy atom. The predicted octanol–water partition coefficient (Wildman–Crippen LogP) is 1.49. The van der Waals surface area contributed by atoms with Crippen molar-refractivity contribution in [3.63, 3.8) is 0 Å². The molecule has 0 atom stereocenters. The van der Waals surface area contributed by atoms with Crippen LogP contribution in [0.15, 0.2) is 36.7 Å². The van der Waals surface area contributed by atoms with Crippen LogP contribution < -0.4 is 5.32 Å². The zero-order valence-electron chi connectivity index (χ0n) is 13.0. The van der Waals surface area contributed by atoms with Crippen LogP contribution in [0.2, 0.25) is 0 Å². The highest BCUT2D eigenvalue weighted by atomic mass is 16.5. The topological polar surface area (TPSA) is 82.2 Å². The molecule has 0 aliphatic carbocycles. The Morgan fingerprint density at radius 3 is 2.96 bits per heavy atom. The summed E-state index contributed by atoms with van der Waals surface area (Å²) in [7, 11) is 1.89. The summed E-state index contributed by atoms with van der Waals surface area (Å²) < 4.78 is 8.77. The molecule has 4 aromatic rings. The van der Waals surface area contributed by atoms with Crippen molar-refractivity contribution in [1.29, 1.82) is 0 Å². The van der Waals surface area contributed by atoms with Crippen LogP contribution in [0.3, 0.4) is 0 Å². The van der Waals surface area contributed by atoms with Crippen LogP contribution >= 0.6 is 0 Å². The van der Waals surface area contributed by atoms with E-state index in [0.717, 1.165) is 27.7 Å². The molecule has 1 aliphatic heterocycles. The summed E-state index contributed by atoms with van der Waals surface area (Å²) in [6.45, 7) is 1.41. The molecule has 120 valence electrons. The summed E-state index contributed by atoms with van der Waals surface area (Å²) in [5, 5.41) is 16.0. The molecule has 1 N–H and O–H groups in total. The lowest BCUT2D eigenvalue weighted by atomic mass is 10.1. The van der Waals surface area contributed by atoms with Gasteiger partial charge in [0.1, 0.15) is 5.52 Å². The number of aromatic nitrogens is 6. The Labute approximate surface area is 137 Å². The van der Waals surface area contributed by atoms with Crippen LogP contribution in [-0.2, 0) is 11.8 Å². The highest BCUT2D eigenvalue weighted by Crippen LogP contribution is 2.27. The minimum atomic E-state index is 0.303. The fourth-order valence-electron chi connectivity index (χ4n) is 2.91. The van der Waals surface area contributed by atoms with E-state index in [1.54, 1.807) is 4.68 Å². The summed E-state index contributed by atoms with van der Waals surface area (Å²) in [5.74, 6) is 0.615. The van der Waals surface area contributed by atoms with E-state index < -0.39 is 0 Å². The number of anilines is 1. The number of nitrogens with zero attached hydrogens (tertiary/aromatic N) is 6. The maximum Gasteiger partial charge on any atom is 0.241 e. The highest BCUT2D eigenvalue weighted by Gasteiger charge is 2.19. The Hall–Kier alpha value is -3.00. The molecule has 3 aromatic heterocycles. The number of ether oxygens (including phenoxy) is 1. The Balaban J connectivity index is 1.56. The van der Waals surface area contributed by atoms with Gasteiger partial charge in [-0.1, -0.05) is 11.3 Å². The van der Waals surface area contributed by atoms with Crippen molar-refractivity contribution in [3.8, 4) is 11.1 Å². The summed E-state index contributed by atoms with van der Waals surface area (Å²) in [6.07, 6.45) is 3.79. The van der Waals surface area contributed by atoms with Gasteiger partial charge in [-0.2, -0.15) is 0 Å². The smallest absolute Gasteiger partial charge is 0.241 e. The molecule has 0 radical (unpaired) electrons. The van der Waals surface area contributed by atoms with Gasteiger partial charge in [0.2, 0.25) is 5.95 Å². The molecule has 5 rings (SSSR count).